The number of hydrogen-bond acceptors (Lipinski definition) is 3. The van der Waals surface area contributed by atoms with Gasteiger partial charge in [0.1, 0.15) is 0 Å². The first kappa shape index (κ1) is 13.4. The summed E-state index contributed by atoms with van der Waals surface area (Å²) in [5.41, 5.74) is -0.137. The van der Waals surface area contributed by atoms with Crippen molar-refractivity contribution in [2.45, 2.75) is 57.9 Å². The minimum atomic E-state index is -0.171. The highest BCUT2D eigenvalue weighted by Crippen LogP contribution is 2.44. The molecule has 0 radical (unpaired) electrons. The highest BCUT2D eigenvalue weighted by Gasteiger charge is 2.51. The molecule has 0 aromatic heterocycles. The molecule has 2 fully saturated rings. The maximum atomic E-state index is 11.9. The van der Waals surface area contributed by atoms with E-state index in [1.54, 1.807) is 0 Å². The molecule has 1 aliphatic carbocycles. The summed E-state index contributed by atoms with van der Waals surface area (Å²) in [7, 11) is 0. The smallest absolute Gasteiger partial charge is 0.306 e. The Balaban J connectivity index is 2.12. The van der Waals surface area contributed by atoms with Crippen LogP contribution in [-0.4, -0.2) is 24.0 Å². The molecular formula is C14H23NO3. The average Bonchev–Trinajstić information content (AvgIpc) is 2.56. The molecule has 1 amide bonds. The number of rotatable bonds is 3. The van der Waals surface area contributed by atoms with Gasteiger partial charge < -0.3 is 10.1 Å². The Morgan fingerprint density at radius 2 is 2.06 bits per heavy atom. The van der Waals surface area contributed by atoms with Gasteiger partial charge in [-0.25, -0.2) is 0 Å². The largest absolute Gasteiger partial charge is 0.466 e. The Kier molecular flexibility index (Phi) is 3.93. The van der Waals surface area contributed by atoms with Crippen molar-refractivity contribution in [1.82, 2.24) is 5.32 Å². The summed E-state index contributed by atoms with van der Waals surface area (Å²) < 4.78 is 5.04. The van der Waals surface area contributed by atoms with Crippen LogP contribution < -0.4 is 5.32 Å². The van der Waals surface area contributed by atoms with Crippen molar-refractivity contribution >= 4 is 11.9 Å². The molecule has 0 aromatic carbocycles. The minimum absolute atomic E-state index is 0.0764. The molecule has 18 heavy (non-hydrogen) atoms. The molecular weight excluding hydrogens is 230 g/mol. The standard InChI is InChI=1S/C14H23NO3/c1-3-18-12(16)9-11-10(2)13(17)15-14(11)7-5-4-6-8-14/h10-11H,3-9H2,1-2H3,(H,15,17)/t10-,11-/m0/s1. The molecule has 0 unspecified atom stereocenters. The second-order valence-corrected chi connectivity index (χ2v) is 5.61. The molecule has 1 N–H and O–H groups in total. The van der Waals surface area contributed by atoms with E-state index in [-0.39, 0.29) is 29.3 Å². The summed E-state index contributed by atoms with van der Waals surface area (Å²) in [6.07, 6.45) is 5.91. The third-order valence-corrected chi connectivity index (χ3v) is 4.54. The van der Waals surface area contributed by atoms with E-state index in [0.717, 1.165) is 25.7 Å². The molecule has 1 spiro atoms. The molecule has 2 aliphatic rings. The molecule has 4 nitrogen and oxygen atoms in total. The van der Waals surface area contributed by atoms with E-state index in [1.165, 1.54) is 6.42 Å². The van der Waals surface area contributed by atoms with Gasteiger partial charge in [0.2, 0.25) is 5.91 Å². The first-order chi connectivity index (χ1) is 8.59. The first-order valence-electron chi connectivity index (χ1n) is 7.07. The molecule has 2 atom stereocenters. The lowest BCUT2D eigenvalue weighted by Crippen LogP contribution is -2.48. The average molecular weight is 253 g/mol. The van der Waals surface area contributed by atoms with Crippen LogP contribution in [-0.2, 0) is 14.3 Å². The second-order valence-electron chi connectivity index (χ2n) is 5.61. The number of hydrogen-bond donors (Lipinski definition) is 1. The van der Waals surface area contributed by atoms with E-state index >= 15 is 0 Å². The predicted octanol–water partition coefficient (Wildman–Crippen LogP) is 2.02. The van der Waals surface area contributed by atoms with Crippen LogP contribution in [0.1, 0.15) is 52.4 Å². The highest BCUT2D eigenvalue weighted by atomic mass is 16.5. The van der Waals surface area contributed by atoms with E-state index in [2.05, 4.69) is 5.32 Å². The van der Waals surface area contributed by atoms with Crippen LogP contribution in [0.15, 0.2) is 0 Å². The maximum Gasteiger partial charge on any atom is 0.306 e. The summed E-state index contributed by atoms with van der Waals surface area (Å²) in [5, 5.41) is 3.17. The number of ether oxygens (including phenoxy) is 1. The molecule has 0 aromatic rings. The fourth-order valence-electron chi connectivity index (χ4n) is 3.56. The number of carbonyl (C=O) groups excluding carboxylic acids is 2. The topological polar surface area (TPSA) is 55.4 Å². The molecule has 0 bridgehead atoms. The normalized spacial score (nSPS) is 30.2. The zero-order chi connectivity index (χ0) is 13.2. The Hall–Kier alpha value is -1.06. The van der Waals surface area contributed by atoms with Gasteiger partial charge in [-0.15, -0.1) is 0 Å². The van der Waals surface area contributed by atoms with Gasteiger partial charge >= 0.3 is 5.97 Å². The SMILES string of the molecule is CCOC(=O)C[C@H]1[C@H](C)C(=O)NC12CCCCC2. The minimum Gasteiger partial charge on any atom is -0.466 e. The van der Waals surface area contributed by atoms with Gasteiger partial charge in [0.05, 0.1) is 13.0 Å². The van der Waals surface area contributed by atoms with Crippen LogP contribution in [0.25, 0.3) is 0 Å². The molecule has 4 heteroatoms. The zero-order valence-corrected chi connectivity index (χ0v) is 11.3. The van der Waals surface area contributed by atoms with Crippen LogP contribution in [0.4, 0.5) is 0 Å². The zero-order valence-electron chi connectivity index (χ0n) is 11.3. The van der Waals surface area contributed by atoms with Gasteiger partial charge in [-0.2, -0.15) is 0 Å². The third-order valence-electron chi connectivity index (χ3n) is 4.54. The predicted molar refractivity (Wildman–Crippen MR) is 67.9 cm³/mol. The van der Waals surface area contributed by atoms with Gasteiger partial charge in [-0.05, 0) is 19.8 Å². The Labute approximate surface area is 108 Å². The van der Waals surface area contributed by atoms with Crippen molar-refractivity contribution in [2.24, 2.45) is 11.8 Å². The highest BCUT2D eigenvalue weighted by molar-refractivity contribution is 5.84. The van der Waals surface area contributed by atoms with E-state index in [9.17, 15) is 9.59 Å². The quantitative estimate of drug-likeness (QED) is 0.783. The van der Waals surface area contributed by atoms with Crippen LogP contribution in [0.2, 0.25) is 0 Å². The van der Waals surface area contributed by atoms with E-state index in [4.69, 9.17) is 4.74 Å². The fraction of sp³-hybridized carbons (Fsp3) is 0.857. The maximum absolute atomic E-state index is 11.9. The van der Waals surface area contributed by atoms with Gasteiger partial charge in [0.15, 0.2) is 0 Å². The molecule has 102 valence electrons. The Morgan fingerprint density at radius 1 is 1.39 bits per heavy atom. The van der Waals surface area contributed by atoms with E-state index in [0.29, 0.717) is 13.0 Å². The van der Waals surface area contributed by atoms with Crippen LogP contribution in [0, 0.1) is 11.8 Å². The summed E-state index contributed by atoms with van der Waals surface area (Å²) in [5.74, 6) is -0.0427. The van der Waals surface area contributed by atoms with Gasteiger partial charge in [0, 0.05) is 17.4 Å². The number of amides is 1. The van der Waals surface area contributed by atoms with Crippen molar-refractivity contribution in [2.75, 3.05) is 6.61 Å². The molecule has 1 saturated heterocycles. The van der Waals surface area contributed by atoms with E-state index in [1.807, 2.05) is 13.8 Å². The van der Waals surface area contributed by atoms with Crippen molar-refractivity contribution in [3.63, 3.8) is 0 Å². The van der Waals surface area contributed by atoms with Crippen LogP contribution >= 0.6 is 0 Å². The summed E-state index contributed by atoms with van der Waals surface area (Å²) in [6, 6.07) is 0. The van der Waals surface area contributed by atoms with Gasteiger partial charge in [-0.1, -0.05) is 26.2 Å². The number of nitrogens with one attached hydrogen (secondary N) is 1. The first-order valence-corrected chi connectivity index (χ1v) is 7.07. The van der Waals surface area contributed by atoms with Crippen LogP contribution in [0.5, 0.6) is 0 Å². The summed E-state index contributed by atoms with van der Waals surface area (Å²) in [4.78, 5) is 23.6. The number of esters is 1. The van der Waals surface area contributed by atoms with Crippen LogP contribution in [0.3, 0.4) is 0 Å². The molecule has 1 aliphatic heterocycles. The van der Waals surface area contributed by atoms with E-state index < -0.39 is 0 Å². The second kappa shape index (κ2) is 5.29. The van der Waals surface area contributed by atoms with Gasteiger partial charge in [-0.3, -0.25) is 9.59 Å². The monoisotopic (exact) mass is 253 g/mol. The lowest BCUT2D eigenvalue weighted by atomic mass is 9.70. The number of carbonyl (C=O) groups is 2. The third kappa shape index (κ3) is 2.38. The molecule has 2 rings (SSSR count). The molecule has 1 saturated carbocycles. The van der Waals surface area contributed by atoms with Crippen molar-refractivity contribution in [3.05, 3.63) is 0 Å². The Bertz CT molecular complexity index is 334. The summed E-state index contributed by atoms with van der Waals surface area (Å²) in [6.45, 7) is 4.16. The fourth-order valence-corrected chi connectivity index (χ4v) is 3.56. The lowest BCUT2D eigenvalue weighted by Gasteiger charge is -2.39. The van der Waals surface area contributed by atoms with Crippen molar-refractivity contribution in [3.8, 4) is 0 Å². The van der Waals surface area contributed by atoms with Crippen molar-refractivity contribution in [1.29, 1.82) is 0 Å². The van der Waals surface area contributed by atoms with Gasteiger partial charge in [0.25, 0.3) is 0 Å². The Morgan fingerprint density at radius 3 is 2.67 bits per heavy atom. The summed E-state index contributed by atoms with van der Waals surface area (Å²) >= 11 is 0. The van der Waals surface area contributed by atoms with Crippen molar-refractivity contribution < 1.29 is 14.3 Å². The molecule has 1 heterocycles. The lowest BCUT2D eigenvalue weighted by molar-refractivity contribution is -0.145.